The first-order valence-electron chi connectivity index (χ1n) is 10.1. The molecule has 0 aliphatic heterocycles. The Morgan fingerprint density at radius 1 is 1.03 bits per heavy atom. The molecule has 0 radical (unpaired) electrons. The number of hydrogen-bond acceptors (Lipinski definition) is 6. The highest BCUT2D eigenvalue weighted by Crippen LogP contribution is 2.27. The Morgan fingerprint density at radius 2 is 1.84 bits per heavy atom. The van der Waals surface area contributed by atoms with Gasteiger partial charge in [0.1, 0.15) is 18.8 Å². The van der Waals surface area contributed by atoms with Crippen LogP contribution in [-0.4, -0.2) is 24.5 Å². The van der Waals surface area contributed by atoms with Crippen molar-refractivity contribution in [1.29, 1.82) is 0 Å². The second kappa shape index (κ2) is 8.88. The summed E-state index contributed by atoms with van der Waals surface area (Å²) in [5.74, 6) is 0.556. The molecule has 0 spiro atoms. The molecule has 0 aliphatic rings. The maximum Gasteiger partial charge on any atom is 0.280 e. The number of halogens is 1. The van der Waals surface area contributed by atoms with E-state index in [1.165, 1.54) is 10.9 Å². The van der Waals surface area contributed by atoms with Gasteiger partial charge in [-0.2, -0.15) is 4.98 Å². The van der Waals surface area contributed by atoms with Crippen molar-refractivity contribution in [1.82, 2.24) is 24.5 Å². The Kier molecular flexibility index (Phi) is 6.01. The van der Waals surface area contributed by atoms with E-state index in [4.69, 9.17) is 16.3 Å². The van der Waals surface area contributed by atoms with Gasteiger partial charge in [0, 0.05) is 17.5 Å². The zero-order valence-electron chi connectivity index (χ0n) is 18.3. The average molecular weight is 448 g/mol. The fourth-order valence-electron chi connectivity index (χ4n) is 3.48. The van der Waals surface area contributed by atoms with Gasteiger partial charge in [-0.05, 0) is 57.0 Å². The Bertz CT molecular complexity index is 1370. The van der Waals surface area contributed by atoms with Crippen molar-refractivity contribution < 1.29 is 4.74 Å². The second-order valence-corrected chi connectivity index (χ2v) is 7.91. The molecule has 0 N–H and O–H groups in total. The summed E-state index contributed by atoms with van der Waals surface area (Å²) in [7, 11) is 0. The fraction of sp³-hybridized carbons (Fsp3) is 0.208. The molecule has 7 nitrogen and oxygen atoms in total. The van der Waals surface area contributed by atoms with Gasteiger partial charge in [0.2, 0.25) is 5.88 Å². The lowest BCUT2D eigenvalue weighted by atomic mass is 10.0. The zero-order valence-corrected chi connectivity index (χ0v) is 19.0. The Balaban J connectivity index is 1.74. The van der Waals surface area contributed by atoms with Crippen LogP contribution in [0.5, 0.6) is 5.88 Å². The molecule has 1 aromatic carbocycles. The molecular formula is C24H22ClN5O2. The van der Waals surface area contributed by atoms with E-state index in [9.17, 15) is 4.79 Å². The third-order valence-electron chi connectivity index (χ3n) is 5.09. The number of rotatable bonds is 5. The Morgan fingerprint density at radius 3 is 2.59 bits per heavy atom. The van der Waals surface area contributed by atoms with Crippen molar-refractivity contribution in [3.05, 3.63) is 92.6 Å². The van der Waals surface area contributed by atoms with Crippen LogP contribution in [0, 0.1) is 27.7 Å². The lowest BCUT2D eigenvalue weighted by Crippen LogP contribution is -2.24. The summed E-state index contributed by atoms with van der Waals surface area (Å²) in [5, 5.41) is -0.0775. The molecule has 8 heteroatoms. The van der Waals surface area contributed by atoms with Gasteiger partial charge < -0.3 is 4.74 Å². The highest BCUT2D eigenvalue weighted by atomic mass is 35.5. The maximum atomic E-state index is 13.2. The summed E-state index contributed by atoms with van der Waals surface area (Å²) in [6, 6.07) is 11.5. The van der Waals surface area contributed by atoms with Crippen LogP contribution in [0.25, 0.3) is 16.9 Å². The SMILES string of the molecule is Cc1cccc(COc2nc(C)n(-c3cc(-c4ncncc4C)ccc3C)c(=O)c2Cl)n1. The zero-order chi connectivity index (χ0) is 22.8. The molecule has 0 bridgehead atoms. The summed E-state index contributed by atoms with van der Waals surface area (Å²) in [6.07, 6.45) is 3.26. The van der Waals surface area contributed by atoms with E-state index in [0.717, 1.165) is 33.8 Å². The lowest BCUT2D eigenvalue weighted by molar-refractivity contribution is 0.287. The summed E-state index contributed by atoms with van der Waals surface area (Å²) in [6.45, 7) is 7.69. The van der Waals surface area contributed by atoms with Crippen molar-refractivity contribution in [2.24, 2.45) is 0 Å². The van der Waals surface area contributed by atoms with E-state index in [-0.39, 0.29) is 17.5 Å². The van der Waals surface area contributed by atoms with E-state index < -0.39 is 5.56 Å². The van der Waals surface area contributed by atoms with E-state index >= 15 is 0 Å². The van der Waals surface area contributed by atoms with Gasteiger partial charge in [0.05, 0.1) is 17.1 Å². The number of nitrogens with zero attached hydrogens (tertiary/aromatic N) is 5. The first-order valence-corrected chi connectivity index (χ1v) is 10.5. The van der Waals surface area contributed by atoms with Gasteiger partial charge in [-0.1, -0.05) is 29.8 Å². The van der Waals surface area contributed by atoms with Crippen LogP contribution in [0.1, 0.15) is 28.3 Å². The van der Waals surface area contributed by atoms with Crippen molar-refractivity contribution in [2.75, 3.05) is 0 Å². The van der Waals surface area contributed by atoms with Crippen molar-refractivity contribution in [3.63, 3.8) is 0 Å². The quantitative estimate of drug-likeness (QED) is 0.446. The number of hydrogen-bond donors (Lipinski definition) is 0. The van der Waals surface area contributed by atoms with Gasteiger partial charge in [-0.15, -0.1) is 0 Å². The molecule has 4 rings (SSSR count). The fourth-order valence-corrected chi connectivity index (χ4v) is 3.66. The van der Waals surface area contributed by atoms with Crippen LogP contribution in [0.15, 0.2) is 53.7 Å². The van der Waals surface area contributed by atoms with Crippen LogP contribution in [0.4, 0.5) is 0 Å². The molecular weight excluding hydrogens is 426 g/mol. The standard InChI is InChI=1S/C24H22ClN5O2/c1-14-8-9-18(22-15(2)11-26-13-27-22)10-20(14)30-17(4)29-23(21(25)24(30)31)32-12-19-7-5-6-16(3)28-19/h5-11,13H,12H2,1-4H3. The van der Waals surface area contributed by atoms with E-state index in [1.54, 1.807) is 13.1 Å². The Labute approximate surface area is 190 Å². The van der Waals surface area contributed by atoms with Crippen LogP contribution in [0.3, 0.4) is 0 Å². The van der Waals surface area contributed by atoms with Gasteiger partial charge in [-0.25, -0.2) is 9.97 Å². The van der Waals surface area contributed by atoms with Crippen molar-refractivity contribution in [3.8, 4) is 22.8 Å². The number of ether oxygens (including phenoxy) is 1. The van der Waals surface area contributed by atoms with Crippen molar-refractivity contribution in [2.45, 2.75) is 34.3 Å². The van der Waals surface area contributed by atoms with Gasteiger partial charge in [0.15, 0.2) is 5.02 Å². The maximum absolute atomic E-state index is 13.2. The van der Waals surface area contributed by atoms with E-state index in [2.05, 4.69) is 19.9 Å². The molecule has 0 aliphatic carbocycles. The lowest BCUT2D eigenvalue weighted by Gasteiger charge is -2.16. The molecule has 32 heavy (non-hydrogen) atoms. The average Bonchev–Trinajstić information content (AvgIpc) is 2.77. The van der Waals surface area contributed by atoms with E-state index in [0.29, 0.717) is 11.5 Å². The molecule has 4 aromatic rings. The monoisotopic (exact) mass is 447 g/mol. The second-order valence-electron chi connectivity index (χ2n) is 7.53. The van der Waals surface area contributed by atoms with Crippen LogP contribution in [-0.2, 0) is 6.61 Å². The highest BCUT2D eigenvalue weighted by molar-refractivity contribution is 6.31. The van der Waals surface area contributed by atoms with Gasteiger partial charge in [0.25, 0.3) is 5.56 Å². The summed E-state index contributed by atoms with van der Waals surface area (Å²) in [5.41, 5.74) is 5.42. The first kappa shape index (κ1) is 21.6. The van der Waals surface area contributed by atoms with Gasteiger partial charge >= 0.3 is 0 Å². The number of pyridine rings is 1. The highest BCUT2D eigenvalue weighted by Gasteiger charge is 2.18. The largest absolute Gasteiger partial charge is 0.470 e. The molecule has 0 atom stereocenters. The van der Waals surface area contributed by atoms with Crippen molar-refractivity contribution >= 4 is 11.6 Å². The molecule has 0 amide bonds. The minimum atomic E-state index is -0.397. The van der Waals surface area contributed by atoms with Gasteiger partial charge in [-0.3, -0.25) is 14.3 Å². The molecule has 162 valence electrons. The molecule has 0 saturated heterocycles. The molecule has 3 heterocycles. The molecule has 0 fully saturated rings. The van der Waals surface area contributed by atoms with E-state index in [1.807, 2.05) is 57.2 Å². The summed E-state index contributed by atoms with van der Waals surface area (Å²) >= 11 is 6.39. The molecule has 3 aromatic heterocycles. The first-order chi connectivity index (χ1) is 15.3. The smallest absolute Gasteiger partial charge is 0.280 e. The van der Waals surface area contributed by atoms with Crippen LogP contribution < -0.4 is 10.3 Å². The third-order valence-corrected chi connectivity index (χ3v) is 5.41. The minimum absolute atomic E-state index is 0.0775. The Hall–Kier alpha value is -3.58. The van der Waals surface area contributed by atoms with Crippen LogP contribution >= 0.6 is 11.6 Å². The predicted octanol–water partition coefficient (Wildman–Crippen LogP) is 4.55. The topological polar surface area (TPSA) is 82.8 Å². The predicted molar refractivity (Wildman–Crippen MR) is 123 cm³/mol. The number of benzene rings is 1. The third kappa shape index (κ3) is 4.24. The number of aryl methyl sites for hydroxylation is 4. The minimum Gasteiger partial charge on any atom is -0.470 e. The van der Waals surface area contributed by atoms with Crippen LogP contribution in [0.2, 0.25) is 5.02 Å². The normalized spacial score (nSPS) is 10.9. The summed E-state index contributed by atoms with van der Waals surface area (Å²) < 4.78 is 7.23. The summed E-state index contributed by atoms with van der Waals surface area (Å²) in [4.78, 5) is 30.5. The molecule has 0 unspecified atom stereocenters. The molecule has 0 saturated carbocycles. The number of aromatic nitrogens is 5.